The fourth-order valence-corrected chi connectivity index (χ4v) is 15.6. The SMILES string of the molecule is CCOP(=O)(OCC)[C@]1(SC)S[C@H]([Si](C)(C)C)[C@@H]2C(=O)N(C3CCCCC3)C(=O)[C@@H]21. The second kappa shape index (κ2) is 9.22. The molecule has 2 amide bonds. The molecule has 0 unspecified atom stereocenters. The number of imide groups is 1. The van der Waals surface area contributed by atoms with Gasteiger partial charge in [-0.3, -0.25) is 19.1 Å². The first kappa shape index (κ1) is 24.8. The average molecular weight is 494 g/mol. The zero-order valence-electron chi connectivity index (χ0n) is 19.0. The number of likely N-dealkylation sites (tertiary alicyclic amines) is 1. The summed E-state index contributed by atoms with van der Waals surface area (Å²) in [4.78, 5) is 29.2. The summed E-state index contributed by atoms with van der Waals surface area (Å²) < 4.78 is 24.7. The summed E-state index contributed by atoms with van der Waals surface area (Å²) in [5, 5.41) is 0. The molecule has 0 aromatic carbocycles. The Labute approximate surface area is 190 Å². The molecule has 0 radical (unpaired) electrons. The molecule has 172 valence electrons. The first-order chi connectivity index (χ1) is 14.1. The van der Waals surface area contributed by atoms with Crippen LogP contribution in [0.2, 0.25) is 19.6 Å². The number of hydrogen-bond donors (Lipinski definition) is 0. The van der Waals surface area contributed by atoms with Gasteiger partial charge in [-0.2, -0.15) is 0 Å². The Morgan fingerprint density at radius 3 is 2.13 bits per heavy atom. The molecule has 0 aromatic heterocycles. The topological polar surface area (TPSA) is 72.9 Å². The molecule has 10 heteroatoms. The molecular formula is C20H36NO5PS2Si. The third kappa shape index (κ3) is 3.90. The van der Waals surface area contributed by atoms with Crippen LogP contribution in [-0.4, -0.2) is 59.0 Å². The van der Waals surface area contributed by atoms with Gasteiger partial charge in [0.2, 0.25) is 11.8 Å². The van der Waals surface area contributed by atoms with Gasteiger partial charge in [0.25, 0.3) is 0 Å². The van der Waals surface area contributed by atoms with E-state index in [-0.39, 0.29) is 35.9 Å². The Morgan fingerprint density at radius 1 is 1.10 bits per heavy atom. The van der Waals surface area contributed by atoms with E-state index in [1.54, 1.807) is 30.5 Å². The largest absolute Gasteiger partial charge is 0.357 e. The molecule has 0 spiro atoms. The lowest BCUT2D eigenvalue weighted by Gasteiger charge is -2.39. The second-order valence-corrected chi connectivity index (χ2v) is 20.7. The fraction of sp³-hybridized carbons (Fsp3) is 0.900. The molecule has 30 heavy (non-hydrogen) atoms. The lowest BCUT2D eigenvalue weighted by Crippen LogP contribution is -2.47. The average Bonchev–Trinajstić information content (AvgIpc) is 3.18. The zero-order chi connectivity index (χ0) is 22.3. The Bertz CT molecular complexity index is 716. The first-order valence-corrected chi connectivity index (χ1v) is 18.3. The lowest BCUT2D eigenvalue weighted by atomic mass is 9.94. The quantitative estimate of drug-likeness (QED) is 0.261. The van der Waals surface area contributed by atoms with Gasteiger partial charge in [-0.25, -0.2) is 0 Å². The molecule has 2 heterocycles. The maximum Gasteiger partial charge on any atom is 0.357 e. The Morgan fingerprint density at radius 2 is 1.67 bits per heavy atom. The summed E-state index contributed by atoms with van der Waals surface area (Å²) in [5.74, 6) is -1.29. The number of carbonyl (C=O) groups excluding carboxylic acids is 2. The van der Waals surface area contributed by atoms with Crippen LogP contribution in [0.4, 0.5) is 0 Å². The minimum Gasteiger partial charge on any atom is -0.307 e. The van der Waals surface area contributed by atoms with Crippen LogP contribution < -0.4 is 0 Å². The van der Waals surface area contributed by atoms with Crippen LogP contribution in [0, 0.1) is 11.8 Å². The van der Waals surface area contributed by atoms with Gasteiger partial charge in [-0.1, -0.05) is 38.9 Å². The van der Waals surface area contributed by atoms with Crippen molar-refractivity contribution < 1.29 is 23.2 Å². The highest BCUT2D eigenvalue weighted by atomic mass is 32.2. The van der Waals surface area contributed by atoms with E-state index in [4.69, 9.17) is 9.05 Å². The predicted molar refractivity (Wildman–Crippen MR) is 128 cm³/mol. The van der Waals surface area contributed by atoms with Crippen LogP contribution >= 0.6 is 31.1 Å². The van der Waals surface area contributed by atoms with E-state index < -0.39 is 31.3 Å². The van der Waals surface area contributed by atoms with Gasteiger partial charge in [-0.05, 0) is 32.9 Å². The van der Waals surface area contributed by atoms with E-state index in [1.165, 1.54) is 11.8 Å². The van der Waals surface area contributed by atoms with E-state index in [1.807, 2.05) is 6.26 Å². The van der Waals surface area contributed by atoms with E-state index >= 15 is 0 Å². The smallest absolute Gasteiger partial charge is 0.307 e. The zero-order valence-corrected chi connectivity index (χ0v) is 22.5. The van der Waals surface area contributed by atoms with Crippen molar-refractivity contribution in [3.8, 4) is 0 Å². The molecule has 2 aliphatic heterocycles. The molecule has 3 aliphatic rings. The van der Waals surface area contributed by atoms with Crippen molar-refractivity contribution in [3.05, 3.63) is 0 Å². The van der Waals surface area contributed by atoms with E-state index in [0.29, 0.717) is 0 Å². The summed E-state index contributed by atoms with van der Waals surface area (Å²) in [6.45, 7) is 10.8. The van der Waals surface area contributed by atoms with Gasteiger partial charge >= 0.3 is 7.60 Å². The van der Waals surface area contributed by atoms with Gasteiger partial charge in [0.1, 0.15) is 0 Å². The number of amides is 2. The number of carbonyl (C=O) groups is 2. The molecule has 2 saturated heterocycles. The minimum atomic E-state index is -3.66. The van der Waals surface area contributed by atoms with Crippen molar-refractivity contribution in [1.29, 1.82) is 0 Å². The maximum absolute atomic E-state index is 14.2. The summed E-state index contributed by atoms with van der Waals surface area (Å²) in [6.07, 6.45) is 6.89. The van der Waals surface area contributed by atoms with Crippen molar-refractivity contribution in [2.24, 2.45) is 11.8 Å². The molecule has 3 fully saturated rings. The highest BCUT2D eigenvalue weighted by Gasteiger charge is 2.74. The lowest BCUT2D eigenvalue weighted by molar-refractivity contribution is -0.143. The Balaban J connectivity index is 2.12. The number of hydrogen-bond acceptors (Lipinski definition) is 7. The van der Waals surface area contributed by atoms with Crippen molar-refractivity contribution in [2.75, 3.05) is 19.5 Å². The fourth-order valence-electron chi connectivity index (χ4n) is 5.22. The summed E-state index contributed by atoms with van der Waals surface area (Å²) >= 11 is 2.93. The van der Waals surface area contributed by atoms with Crippen LogP contribution in [0.15, 0.2) is 0 Å². The predicted octanol–water partition coefficient (Wildman–Crippen LogP) is 5.20. The summed E-state index contributed by atoms with van der Waals surface area (Å²) in [5.41, 5.74) is 0. The van der Waals surface area contributed by atoms with Crippen molar-refractivity contribution in [3.63, 3.8) is 0 Å². The molecule has 1 aliphatic carbocycles. The van der Waals surface area contributed by atoms with Crippen molar-refractivity contribution in [2.45, 2.75) is 80.3 Å². The summed E-state index contributed by atoms with van der Waals surface area (Å²) in [6, 6.07) is -0.0187. The standard InChI is InChI=1S/C20H36NO5PS2Si/c1-7-25-27(24,26-8-2)20(28-3)16-15(19(29-20)30(4,5)6)17(22)21(18(16)23)14-12-10-9-11-13-14/h14-16,19H,7-13H2,1-6H3/t15-,16+,19+,20+/m0/s1. The molecule has 0 N–H and O–H groups in total. The monoisotopic (exact) mass is 493 g/mol. The third-order valence-corrected chi connectivity index (χ3v) is 18.2. The van der Waals surface area contributed by atoms with Gasteiger partial charge in [0.15, 0.2) is 3.82 Å². The molecule has 1 saturated carbocycles. The normalized spacial score (nSPS) is 33.4. The van der Waals surface area contributed by atoms with Gasteiger partial charge < -0.3 is 9.05 Å². The Kier molecular flexibility index (Phi) is 7.63. The number of fused-ring (bicyclic) bond motifs is 1. The molecular weight excluding hydrogens is 457 g/mol. The van der Waals surface area contributed by atoms with Crippen LogP contribution in [0.1, 0.15) is 46.0 Å². The van der Waals surface area contributed by atoms with E-state index in [0.717, 1.165) is 32.1 Å². The first-order valence-electron chi connectivity index (χ1n) is 11.1. The third-order valence-electron chi connectivity index (χ3n) is 6.47. The molecule has 0 aromatic rings. The van der Waals surface area contributed by atoms with Crippen LogP contribution in [-0.2, 0) is 23.2 Å². The van der Waals surface area contributed by atoms with E-state index in [9.17, 15) is 14.2 Å². The second-order valence-electron chi connectivity index (χ2n) is 9.41. The minimum absolute atomic E-state index is 0.00534. The molecule has 3 rings (SSSR count). The van der Waals surface area contributed by atoms with Crippen LogP contribution in [0.3, 0.4) is 0 Å². The van der Waals surface area contributed by atoms with Crippen molar-refractivity contribution in [1.82, 2.24) is 4.90 Å². The molecule has 6 nitrogen and oxygen atoms in total. The highest BCUT2D eigenvalue weighted by molar-refractivity contribution is 8.26. The van der Waals surface area contributed by atoms with Gasteiger partial charge in [-0.15, -0.1) is 23.5 Å². The molecule has 4 atom stereocenters. The number of nitrogens with zero attached hydrogens (tertiary/aromatic N) is 1. The highest BCUT2D eigenvalue weighted by Crippen LogP contribution is 2.79. The van der Waals surface area contributed by atoms with Crippen LogP contribution in [0.25, 0.3) is 0 Å². The van der Waals surface area contributed by atoms with Gasteiger partial charge in [0, 0.05) is 10.9 Å². The number of rotatable bonds is 8. The number of thioether (sulfide) groups is 2. The van der Waals surface area contributed by atoms with E-state index in [2.05, 4.69) is 19.6 Å². The maximum atomic E-state index is 14.2. The molecule has 0 bridgehead atoms. The Hall–Kier alpha value is 0.207. The van der Waals surface area contributed by atoms with Crippen molar-refractivity contribution >= 4 is 51.0 Å². The van der Waals surface area contributed by atoms with Crippen LogP contribution in [0.5, 0.6) is 0 Å². The van der Waals surface area contributed by atoms with Gasteiger partial charge in [0.05, 0.1) is 33.1 Å². The summed E-state index contributed by atoms with van der Waals surface area (Å²) in [7, 11) is -5.53.